The maximum Gasteiger partial charge on any atom is 0.226 e. The quantitative estimate of drug-likeness (QED) is 0.548. The van der Waals surface area contributed by atoms with Gasteiger partial charge in [-0.25, -0.2) is 4.39 Å². The Morgan fingerprint density at radius 1 is 0.926 bits per heavy atom. The number of anilines is 2. The smallest absolute Gasteiger partial charge is 0.226 e. The fourth-order valence-corrected chi connectivity index (χ4v) is 2.56. The van der Waals surface area contributed by atoms with Crippen LogP contribution in [-0.4, -0.2) is 12.5 Å². The van der Waals surface area contributed by atoms with Crippen LogP contribution in [0.1, 0.15) is 6.42 Å². The molecule has 0 unspecified atom stereocenters. The third-order valence-corrected chi connectivity index (χ3v) is 4.01. The first kappa shape index (κ1) is 18.7. The number of amides is 1. The second-order valence-electron chi connectivity index (χ2n) is 5.79. The first-order valence-corrected chi connectivity index (χ1v) is 8.80. The van der Waals surface area contributed by atoms with Crippen molar-refractivity contribution in [2.24, 2.45) is 0 Å². The summed E-state index contributed by atoms with van der Waals surface area (Å²) in [6.45, 7) is 0.458. The van der Waals surface area contributed by atoms with Crippen LogP contribution < -0.4 is 15.4 Å². The molecule has 0 heterocycles. The second kappa shape index (κ2) is 9.05. The molecule has 0 bridgehead atoms. The summed E-state index contributed by atoms with van der Waals surface area (Å²) in [5.74, 6) is 0.804. The van der Waals surface area contributed by atoms with Crippen molar-refractivity contribution >= 4 is 28.9 Å². The van der Waals surface area contributed by atoms with Crippen LogP contribution in [0.2, 0.25) is 5.02 Å². The van der Waals surface area contributed by atoms with E-state index in [-0.39, 0.29) is 17.4 Å². The van der Waals surface area contributed by atoms with Gasteiger partial charge in [0.1, 0.15) is 17.3 Å². The van der Waals surface area contributed by atoms with Crippen LogP contribution in [0.15, 0.2) is 72.8 Å². The van der Waals surface area contributed by atoms with Crippen LogP contribution in [0.5, 0.6) is 11.5 Å². The Hall–Kier alpha value is -3.05. The molecule has 3 rings (SSSR count). The van der Waals surface area contributed by atoms with Gasteiger partial charge in [0, 0.05) is 24.3 Å². The SMILES string of the molecule is O=C(CCNc1ccc(Oc2ccccc2)cc1)Nc1ccc(F)c(Cl)c1. The maximum atomic E-state index is 13.1. The summed E-state index contributed by atoms with van der Waals surface area (Å²) in [5, 5.41) is 5.83. The van der Waals surface area contributed by atoms with E-state index in [2.05, 4.69) is 10.6 Å². The molecule has 1 amide bonds. The van der Waals surface area contributed by atoms with Gasteiger partial charge in [-0.3, -0.25) is 4.79 Å². The number of hydrogen-bond acceptors (Lipinski definition) is 3. The van der Waals surface area contributed by atoms with Gasteiger partial charge in [-0.15, -0.1) is 0 Å². The summed E-state index contributed by atoms with van der Waals surface area (Å²) in [5.41, 5.74) is 1.35. The van der Waals surface area contributed by atoms with Crippen LogP contribution in [-0.2, 0) is 4.79 Å². The molecule has 3 aromatic rings. The van der Waals surface area contributed by atoms with Gasteiger partial charge in [-0.1, -0.05) is 29.8 Å². The second-order valence-corrected chi connectivity index (χ2v) is 6.20. The maximum absolute atomic E-state index is 13.1. The summed E-state index contributed by atoms with van der Waals surface area (Å²) in [6.07, 6.45) is 0.261. The fraction of sp³-hybridized carbons (Fsp3) is 0.0952. The normalized spacial score (nSPS) is 10.3. The highest BCUT2D eigenvalue weighted by atomic mass is 35.5. The van der Waals surface area contributed by atoms with Crippen molar-refractivity contribution in [3.05, 3.63) is 83.6 Å². The van der Waals surface area contributed by atoms with E-state index in [9.17, 15) is 9.18 Å². The topological polar surface area (TPSA) is 50.4 Å². The van der Waals surface area contributed by atoms with E-state index in [1.807, 2.05) is 54.6 Å². The van der Waals surface area contributed by atoms with Gasteiger partial charge in [0.05, 0.1) is 5.02 Å². The van der Waals surface area contributed by atoms with Crippen LogP contribution in [0.25, 0.3) is 0 Å². The molecular formula is C21H18ClFN2O2. The third kappa shape index (κ3) is 5.72. The van der Waals surface area contributed by atoms with E-state index in [0.29, 0.717) is 12.2 Å². The van der Waals surface area contributed by atoms with Crippen LogP contribution in [0.4, 0.5) is 15.8 Å². The molecule has 0 saturated heterocycles. The van der Waals surface area contributed by atoms with E-state index in [0.717, 1.165) is 17.2 Å². The van der Waals surface area contributed by atoms with E-state index in [1.54, 1.807) is 0 Å². The summed E-state index contributed by atoms with van der Waals surface area (Å²) in [7, 11) is 0. The van der Waals surface area contributed by atoms with Crippen molar-refractivity contribution in [1.29, 1.82) is 0 Å². The Balaban J connectivity index is 1.44. The Morgan fingerprint density at radius 2 is 1.59 bits per heavy atom. The zero-order valence-electron chi connectivity index (χ0n) is 14.4. The largest absolute Gasteiger partial charge is 0.457 e. The van der Waals surface area contributed by atoms with Gasteiger partial charge < -0.3 is 15.4 Å². The molecule has 0 fully saturated rings. The number of nitrogens with one attached hydrogen (secondary N) is 2. The van der Waals surface area contributed by atoms with Crippen LogP contribution >= 0.6 is 11.6 Å². The van der Waals surface area contributed by atoms with Gasteiger partial charge in [0.15, 0.2) is 0 Å². The number of ether oxygens (including phenoxy) is 1. The Morgan fingerprint density at radius 3 is 2.30 bits per heavy atom. The zero-order valence-corrected chi connectivity index (χ0v) is 15.2. The lowest BCUT2D eigenvalue weighted by molar-refractivity contribution is -0.115. The average molecular weight is 385 g/mol. The first-order valence-electron chi connectivity index (χ1n) is 8.42. The minimum atomic E-state index is -0.518. The summed E-state index contributed by atoms with van der Waals surface area (Å²) in [6, 6.07) is 21.1. The number of hydrogen-bond donors (Lipinski definition) is 2. The van der Waals surface area contributed by atoms with Gasteiger partial charge in [-0.2, -0.15) is 0 Å². The fourth-order valence-electron chi connectivity index (χ4n) is 2.38. The molecule has 0 spiro atoms. The molecule has 0 saturated carbocycles. The van der Waals surface area contributed by atoms with Crippen molar-refractivity contribution in [2.45, 2.75) is 6.42 Å². The van der Waals surface area contributed by atoms with Crippen molar-refractivity contribution < 1.29 is 13.9 Å². The number of carbonyl (C=O) groups excluding carboxylic acids is 1. The lowest BCUT2D eigenvalue weighted by Gasteiger charge is -2.09. The van der Waals surface area contributed by atoms with Crippen molar-refractivity contribution in [1.82, 2.24) is 0 Å². The highest BCUT2D eigenvalue weighted by Gasteiger charge is 2.05. The van der Waals surface area contributed by atoms with E-state index in [1.165, 1.54) is 18.2 Å². The molecule has 138 valence electrons. The molecule has 0 aliphatic carbocycles. The number of carbonyl (C=O) groups is 1. The number of para-hydroxylation sites is 1. The standard InChI is InChI=1S/C21H18ClFN2O2/c22-19-14-16(8-11-20(19)23)25-21(26)12-13-24-15-6-9-18(10-7-15)27-17-4-2-1-3-5-17/h1-11,14,24H,12-13H2,(H,25,26). The molecule has 0 atom stereocenters. The third-order valence-electron chi connectivity index (χ3n) is 3.72. The zero-order chi connectivity index (χ0) is 19.1. The van der Waals surface area contributed by atoms with E-state index < -0.39 is 5.82 Å². The first-order chi connectivity index (χ1) is 13.1. The Bertz CT molecular complexity index is 902. The lowest BCUT2D eigenvalue weighted by atomic mass is 10.2. The van der Waals surface area contributed by atoms with Crippen LogP contribution in [0.3, 0.4) is 0 Å². The Kier molecular flexibility index (Phi) is 6.28. The minimum absolute atomic E-state index is 0.0243. The Labute approximate surface area is 161 Å². The molecule has 2 N–H and O–H groups in total. The van der Waals surface area contributed by atoms with Gasteiger partial charge in [0.2, 0.25) is 5.91 Å². The number of rotatable bonds is 7. The van der Waals surface area contributed by atoms with Crippen molar-refractivity contribution in [3.63, 3.8) is 0 Å². The predicted octanol–water partition coefficient (Wildman–Crippen LogP) is 5.71. The molecule has 6 heteroatoms. The average Bonchev–Trinajstić information content (AvgIpc) is 2.67. The van der Waals surface area contributed by atoms with Gasteiger partial charge in [0.25, 0.3) is 0 Å². The molecule has 0 radical (unpaired) electrons. The molecule has 0 aliphatic rings. The van der Waals surface area contributed by atoms with Gasteiger partial charge in [-0.05, 0) is 54.6 Å². The molecule has 0 aliphatic heterocycles. The summed E-state index contributed by atoms with van der Waals surface area (Å²) >= 11 is 5.70. The molecule has 4 nitrogen and oxygen atoms in total. The number of halogens is 2. The van der Waals surface area contributed by atoms with Crippen LogP contribution in [0, 0.1) is 5.82 Å². The number of benzene rings is 3. The summed E-state index contributed by atoms with van der Waals surface area (Å²) in [4.78, 5) is 11.9. The molecule has 0 aromatic heterocycles. The molecular weight excluding hydrogens is 367 g/mol. The molecule has 27 heavy (non-hydrogen) atoms. The van der Waals surface area contributed by atoms with Gasteiger partial charge >= 0.3 is 0 Å². The monoisotopic (exact) mass is 384 g/mol. The highest BCUT2D eigenvalue weighted by molar-refractivity contribution is 6.31. The summed E-state index contributed by atoms with van der Waals surface area (Å²) < 4.78 is 18.8. The van der Waals surface area contributed by atoms with E-state index in [4.69, 9.17) is 16.3 Å². The predicted molar refractivity (Wildman–Crippen MR) is 106 cm³/mol. The lowest BCUT2D eigenvalue weighted by Crippen LogP contribution is -2.16. The minimum Gasteiger partial charge on any atom is -0.457 e. The molecule has 3 aromatic carbocycles. The highest BCUT2D eigenvalue weighted by Crippen LogP contribution is 2.23. The van der Waals surface area contributed by atoms with Crippen molar-refractivity contribution in [3.8, 4) is 11.5 Å². The van der Waals surface area contributed by atoms with E-state index >= 15 is 0 Å². The van der Waals surface area contributed by atoms with Crippen molar-refractivity contribution in [2.75, 3.05) is 17.2 Å².